The summed E-state index contributed by atoms with van der Waals surface area (Å²) in [4.78, 5) is 48.2. The van der Waals surface area contributed by atoms with Crippen molar-refractivity contribution in [2.45, 2.75) is 55.8 Å². The number of alkyl halides is 3. The third-order valence-electron chi connectivity index (χ3n) is 8.24. The van der Waals surface area contributed by atoms with Gasteiger partial charge in [0.2, 0.25) is 17.7 Å². The van der Waals surface area contributed by atoms with E-state index in [0.29, 0.717) is 13.0 Å². The van der Waals surface area contributed by atoms with Crippen LogP contribution in [0.25, 0.3) is 0 Å². The lowest BCUT2D eigenvalue weighted by atomic mass is 9.99. The number of aliphatic carboxylic acids is 1. The molecule has 1 fully saturated rings. The second-order valence-electron chi connectivity index (χ2n) is 11.6. The number of carboxylic acid groups (broad SMARTS) is 1. The number of hydrogen-bond acceptors (Lipinski definition) is 10. The monoisotopic (exact) mass is 737 g/mol. The number of likely N-dealkylation sites (tertiary alicyclic amines) is 1. The summed E-state index contributed by atoms with van der Waals surface area (Å²) in [6, 6.07) is 16.2. The predicted molar refractivity (Wildman–Crippen MR) is 180 cm³/mol. The van der Waals surface area contributed by atoms with E-state index in [4.69, 9.17) is 19.4 Å². The van der Waals surface area contributed by atoms with Gasteiger partial charge in [-0.15, -0.1) is 0 Å². The number of benzene rings is 2. The average Bonchev–Trinajstić information content (AvgIpc) is 3.10. The Kier molecular flexibility index (Phi) is 14.7. The first kappa shape index (κ1) is 40.7. The number of nitrogens with one attached hydrogen (secondary N) is 1. The van der Waals surface area contributed by atoms with Crippen LogP contribution in [0.1, 0.15) is 53.7 Å². The Bertz CT molecular complexity index is 1700. The fraction of sp³-hybridized carbons (Fsp3) is 0.441. The van der Waals surface area contributed by atoms with E-state index in [1.807, 2.05) is 42.2 Å². The van der Waals surface area contributed by atoms with Gasteiger partial charge in [0.05, 0.1) is 31.6 Å². The smallest absolute Gasteiger partial charge is 0.480 e. The molecule has 0 saturated carbocycles. The van der Waals surface area contributed by atoms with Crippen LogP contribution in [-0.2, 0) is 25.8 Å². The summed E-state index contributed by atoms with van der Waals surface area (Å²) in [5.41, 5.74) is 1.93. The number of rotatable bonds is 13. The number of carbonyl (C=O) groups is 3. The fourth-order valence-corrected chi connectivity index (χ4v) is 6.26. The maximum Gasteiger partial charge on any atom is 0.490 e. The van der Waals surface area contributed by atoms with E-state index in [1.54, 1.807) is 24.3 Å². The van der Waals surface area contributed by atoms with Crippen molar-refractivity contribution >= 4 is 27.6 Å². The topological polar surface area (TPSA) is 168 Å². The summed E-state index contributed by atoms with van der Waals surface area (Å²) in [6.45, 7) is 5.04. The molecule has 3 aromatic rings. The van der Waals surface area contributed by atoms with Crippen molar-refractivity contribution in [3.8, 4) is 11.8 Å². The molecule has 0 unspecified atom stereocenters. The standard InChI is InChI=1S/C32H41N5O6S.C2HF3O2/c1-5-37(28(38)21-23-11-13-26(14-12-23)44(4,40)41)25-15-18-36(19-16-25)20-17-27(24-9-7-6-8-10-24)35-30(39)29-31(42-2)33-22-34-32(29)43-3;3-2(4,5)1(6)7/h6-14,22,25,27H,5,15-21H2,1-4H3,(H,35,39);(H,6,7)/t27-;/m0./s1. The largest absolute Gasteiger partial charge is 0.490 e. The number of nitrogens with zero attached hydrogens (tertiary/aromatic N) is 4. The van der Waals surface area contributed by atoms with E-state index in [-0.39, 0.29) is 52.5 Å². The minimum atomic E-state index is -5.08. The molecule has 0 spiro atoms. The molecule has 2 aromatic carbocycles. The number of sulfone groups is 1. The highest BCUT2D eigenvalue weighted by atomic mass is 32.2. The lowest BCUT2D eigenvalue weighted by Gasteiger charge is -2.38. The summed E-state index contributed by atoms with van der Waals surface area (Å²) in [5, 5.41) is 10.3. The van der Waals surface area contributed by atoms with Gasteiger partial charge in [0.25, 0.3) is 5.91 Å². The van der Waals surface area contributed by atoms with Gasteiger partial charge in [-0.1, -0.05) is 42.5 Å². The summed E-state index contributed by atoms with van der Waals surface area (Å²) >= 11 is 0. The second kappa shape index (κ2) is 18.5. The van der Waals surface area contributed by atoms with Crippen LogP contribution >= 0.6 is 0 Å². The van der Waals surface area contributed by atoms with Crippen molar-refractivity contribution in [3.63, 3.8) is 0 Å². The highest BCUT2D eigenvalue weighted by molar-refractivity contribution is 7.90. The number of piperidine rings is 1. The van der Waals surface area contributed by atoms with Crippen molar-refractivity contribution in [1.29, 1.82) is 0 Å². The Balaban J connectivity index is 0.000000908. The van der Waals surface area contributed by atoms with Gasteiger partial charge in [0, 0.05) is 38.5 Å². The number of aromatic nitrogens is 2. The lowest BCUT2D eigenvalue weighted by molar-refractivity contribution is -0.192. The molecular formula is C34H42F3N5O8S. The molecule has 1 saturated heterocycles. The van der Waals surface area contributed by atoms with Gasteiger partial charge in [0.15, 0.2) is 15.4 Å². The third-order valence-corrected chi connectivity index (χ3v) is 9.37. The zero-order valence-corrected chi connectivity index (χ0v) is 29.5. The highest BCUT2D eigenvalue weighted by Gasteiger charge is 2.38. The number of hydrogen-bond donors (Lipinski definition) is 2. The third kappa shape index (κ3) is 11.9. The lowest BCUT2D eigenvalue weighted by Crippen LogP contribution is -2.48. The van der Waals surface area contributed by atoms with Gasteiger partial charge in [-0.05, 0) is 49.4 Å². The van der Waals surface area contributed by atoms with Crippen molar-refractivity contribution in [2.24, 2.45) is 0 Å². The van der Waals surface area contributed by atoms with Crippen LogP contribution < -0.4 is 14.8 Å². The molecule has 278 valence electrons. The normalized spacial score (nSPS) is 14.4. The van der Waals surface area contributed by atoms with Gasteiger partial charge < -0.3 is 29.7 Å². The van der Waals surface area contributed by atoms with E-state index in [1.165, 1.54) is 26.8 Å². The van der Waals surface area contributed by atoms with E-state index in [9.17, 15) is 31.2 Å². The first-order valence-electron chi connectivity index (χ1n) is 16.0. The van der Waals surface area contributed by atoms with Crippen LogP contribution in [0.5, 0.6) is 11.8 Å². The van der Waals surface area contributed by atoms with Crippen LogP contribution in [0.15, 0.2) is 65.8 Å². The molecule has 13 nitrogen and oxygen atoms in total. The van der Waals surface area contributed by atoms with Gasteiger partial charge in [0.1, 0.15) is 6.33 Å². The molecule has 0 bridgehead atoms. The zero-order chi connectivity index (χ0) is 37.8. The molecule has 17 heteroatoms. The molecule has 1 aliphatic heterocycles. The van der Waals surface area contributed by atoms with Crippen LogP contribution in [-0.4, -0.2) is 110 Å². The van der Waals surface area contributed by atoms with E-state index < -0.39 is 22.0 Å². The maximum absolute atomic E-state index is 13.4. The summed E-state index contributed by atoms with van der Waals surface area (Å²) in [6.07, 6.45) is -0.00401. The summed E-state index contributed by atoms with van der Waals surface area (Å²) in [5.74, 6) is -2.81. The molecule has 1 aromatic heterocycles. The first-order chi connectivity index (χ1) is 24.1. The van der Waals surface area contributed by atoms with Crippen LogP contribution in [0, 0.1) is 0 Å². The van der Waals surface area contributed by atoms with Gasteiger partial charge in [-0.2, -0.15) is 13.2 Å². The number of ether oxygens (including phenoxy) is 2. The van der Waals surface area contributed by atoms with Crippen molar-refractivity contribution < 1.29 is 50.6 Å². The molecule has 1 aliphatic rings. The number of carbonyl (C=O) groups excluding carboxylic acids is 2. The number of amides is 2. The summed E-state index contributed by atoms with van der Waals surface area (Å²) in [7, 11) is -0.385. The first-order valence-corrected chi connectivity index (χ1v) is 17.9. The quantitative estimate of drug-likeness (QED) is 0.261. The molecule has 2 amide bonds. The Morgan fingerprint density at radius 3 is 2.02 bits per heavy atom. The maximum atomic E-state index is 13.4. The highest BCUT2D eigenvalue weighted by Crippen LogP contribution is 2.26. The van der Waals surface area contributed by atoms with E-state index >= 15 is 0 Å². The number of likely N-dealkylation sites (N-methyl/N-ethyl adjacent to an activating group) is 1. The average molecular weight is 738 g/mol. The van der Waals surface area contributed by atoms with E-state index in [2.05, 4.69) is 20.2 Å². The predicted octanol–water partition coefficient (Wildman–Crippen LogP) is 3.95. The number of halogens is 3. The van der Waals surface area contributed by atoms with E-state index in [0.717, 1.165) is 43.6 Å². The van der Waals surface area contributed by atoms with Crippen molar-refractivity contribution in [3.05, 3.63) is 77.6 Å². The summed E-state index contributed by atoms with van der Waals surface area (Å²) < 4.78 is 65.9. The van der Waals surface area contributed by atoms with Crippen LogP contribution in [0.2, 0.25) is 0 Å². The second-order valence-corrected chi connectivity index (χ2v) is 13.7. The molecule has 2 N–H and O–H groups in total. The molecule has 2 heterocycles. The number of carboxylic acids is 1. The Labute approximate surface area is 294 Å². The molecule has 4 rings (SSSR count). The fourth-order valence-electron chi connectivity index (χ4n) is 5.63. The minimum Gasteiger partial charge on any atom is -0.480 e. The number of methoxy groups -OCH3 is 2. The Morgan fingerprint density at radius 2 is 1.55 bits per heavy atom. The van der Waals surface area contributed by atoms with Crippen LogP contribution in [0.4, 0.5) is 13.2 Å². The van der Waals surface area contributed by atoms with Gasteiger partial charge in [-0.25, -0.2) is 23.2 Å². The van der Waals surface area contributed by atoms with Crippen molar-refractivity contribution in [1.82, 2.24) is 25.1 Å². The molecular weight excluding hydrogens is 695 g/mol. The SMILES string of the molecule is CCN(C(=O)Cc1ccc(S(C)(=O)=O)cc1)C1CCN(CC[C@H](NC(=O)c2c(OC)ncnc2OC)c2ccccc2)CC1.O=C(O)C(F)(F)F. The molecule has 1 atom stereocenters. The molecule has 0 aliphatic carbocycles. The Morgan fingerprint density at radius 1 is 1.00 bits per heavy atom. The minimum absolute atomic E-state index is 0.0423. The molecule has 51 heavy (non-hydrogen) atoms. The zero-order valence-electron chi connectivity index (χ0n) is 28.7. The van der Waals surface area contributed by atoms with Gasteiger partial charge >= 0.3 is 12.1 Å². The Hall–Kier alpha value is -4.77. The van der Waals surface area contributed by atoms with Gasteiger partial charge in [-0.3, -0.25) is 9.59 Å². The molecule has 0 radical (unpaired) electrons. The van der Waals surface area contributed by atoms with Crippen molar-refractivity contribution in [2.75, 3.05) is 46.7 Å². The van der Waals surface area contributed by atoms with Crippen LogP contribution in [0.3, 0.4) is 0 Å².